The van der Waals surface area contributed by atoms with Crippen LogP contribution in [0.4, 0.5) is 0 Å². The number of nitrogens with one attached hydrogen (secondary N) is 2. The van der Waals surface area contributed by atoms with Crippen LogP contribution in [0.25, 0.3) is 0 Å². The summed E-state index contributed by atoms with van der Waals surface area (Å²) in [5, 5.41) is 19.5. The van der Waals surface area contributed by atoms with Gasteiger partial charge in [-0.05, 0) is 24.1 Å². The minimum atomic E-state index is -3.65. The van der Waals surface area contributed by atoms with Gasteiger partial charge in [0.1, 0.15) is 12.2 Å². The van der Waals surface area contributed by atoms with Gasteiger partial charge in [0.15, 0.2) is 5.96 Å². The first-order valence-electron chi connectivity index (χ1n) is 8.37. The molecule has 150 valence electrons. The van der Waals surface area contributed by atoms with E-state index in [0.717, 1.165) is 30.8 Å². The van der Waals surface area contributed by atoms with Crippen LogP contribution in [0.1, 0.15) is 18.3 Å². The number of aromatic nitrogens is 3. The standard InChI is InChI=1S/C16H25N7O2S.HI/c1-3-15-22-21-12-23(15)11-10-20-16(18-2)19-9-8-13-4-6-14(7-5-13)26(17,24)25;/h4-7,12H,3,8-11H2,1-2H3,(H2,17,24,25)(H2,18,19,20);1H. The number of rotatable bonds is 8. The van der Waals surface area contributed by atoms with Crippen molar-refractivity contribution in [2.75, 3.05) is 20.1 Å². The van der Waals surface area contributed by atoms with Crippen molar-refractivity contribution in [3.05, 3.63) is 42.0 Å². The summed E-state index contributed by atoms with van der Waals surface area (Å²) >= 11 is 0. The summed E-state index contributed by atoms with van der Waals surface area (Å²) in [7, 11) is -1.93. The van der Waals surface area contributed by atoms with Crippen molar-refractivity contribution in [1.29, 1.82) is 0 Å². The molecule has 0 unspecified atom stereocenters. The zero-order valence-corrected chi connectivity index (χ0v) is 18.6. The Hall–Kier alpha value is -1.73. The van der Waals surface area contributed by atoms with Crippen LogP contribution in [-0.4, -0.2) is 49.3 Å². The maximum atomic E-state index is 11.2. The highest BCUT2D eigenvalue weighted by atomic mass is 127. The Labute approximate surface area is 176 Å². The average molecular weight is 507 g/mol. The van der Waals surface area contributed by atoms with Gasteiger partial charge < -0.3 is 15.2 Å². The molecule has 9 nitrogen and oxygen atoms in total. The van der Waals surface area contributed by atoms with Gasteiger partial charge in [-0.15, -0.1) is 34.2 Å². The molecule has 0 aliphatic heterocycles. The zero-order valence-electron chi connectivity index (χ0n) is 15.4. The topological polar surface area (TPSA) is 127 Å². The number of halogens is 1. The molecular weight excluding hydrogens is 481 g/mol. The van der Waals surface area contributed by atoms with Crippen LogP contribution in [-0.2, 0) is 29.4 Å². The number of sulfonamides is 1. The van der Waals surface area contributed by atoms with E-state index in [1.54, 1.807) is 25.5 Å². The van der Waals surface area contributed by atoms with Crippen molar-refractivity contribution in [2.24, 2.45) is 10.1 Å². The van der Waals surface area contributed by atoms with Gasteiger partial charge in [0.2, 0.25) is 10.0 Å². The number of guanidine groups is 1. The number of benzene rings is 1. The van der Waals surface area contributed by atoms with Gasteiger partial charge in [0.05, 0.1) is 4.90 Å². The number of hydrogen-bond acceptors (Lipinski definition) is 5. The molecule has 0 fully saturated rings. The number of primary sulfonamides is 1. The summed E-state index contributed by atoms with van der Waals surface area (Å²) in [5.41, 5.74) is 1.01. The predicted molar refractivity (Wildman–Crippen MR) is 116 cm³/mol. The fourth-order valence-electron chi connectivity index (χ4n) is 2.43. The molecule has 1 aromatic carbocycles. The molecule has 4 N–H and O–H groups in total. The molecule has 11 heteroatoms. The van der Waals surface area contributed by atoms with Gasteiger partial charge in [-0.3, -0.25) is 4.99 Å². The molecule has 1 aromatic heterocycles. The molecule has 0 radical (unpaired) electrons. The van der Waals surface area contributed by atoms with Crippen LogP contribution < -0.4 is 15.8 Å². The summed E-state index contributed by atoms with van der Waals surface area (Å²) in [6.45, 7) is 4.17. The number of nitrogens with two attached hydrogens (primary N) is 1. The molecule has 1 heterocycles. The van der Waals surface area contributed by atoms with Crippen molar-refractivity contribution in [2.45, 2.75) is 31.2 Å². The summed E-state index contributed by atoms with van der Waals surface area (Å²) in [4.78, 5) is 4.30. The van der Waals surface area contributed by atoms with E-state index in [9.17, 15) is 8.42 Å². The van der Waals surface area contributed by atoms with Gasteiger partial charge in [0, 0.05) is 33.1 Å². The third-order valence-electron chi connectivity index (χ3n) is 3.84. The lowest BCUT2D eigenvalue weighted by molar-refractivity contribution is 0.598. The van der Waals surface area contributed by atoms with Gasteiger partial charge in [-0.1, -0.05) is 19.1 Å². The lowest BCUT2D eigenvalue weighted by Gasteiger charge is -2.12. The van der Waals surface area contributed by atoms with E-state index in [1.807, 2.05) is 11.5 Å². The summed E-state index contributed by atoms with van der Waals surface area (Å²) in [6.07, 6.45) is 3.30. The predicted octanol–water partition coefficient (Wildman–Crippen LogP) is 0.514. The van der Waals surface area contributed by atoms with E-state index in [4.69, 9.17) is 5.14 Å². The molecule has 0 aliphatic carbocycles. The normalized spacial score (nSPS) is 11.7. The average Bonchev–Trinajstić information content (AvgIpc) is 3.07. The monoisotopic (exact) mass is 507 g/mol. The number of aliphatic imine (C=N–C) groups is 1. The van der Waals surface area contributed by atoms with E-state index in [0.29, 0.717) is 19.0 Å². The Bertz CT molecular complexity index is 835. The highest BCUT2D eigenvalue weighted by molar-refractivity contribution is 14.0. The third-order valence-corrected chi connectivity index (χ3v) is 4.77. The van der Waals surface area contributed by atoms with E-state index < -0.39 is 10.0 Å². The molecule has 2 rings (SSSR count). The molecule has 0 saturated heterocycles. The third kappa shape index (κ3) is 7.42. The fraction of sp³-hybridized carbons (Fsp3) is 0.438. The van der Waals surface area contributed by atoms with E-state index >= 15 is 0 Å². The van der Waals surface area contributed by atoms with Crippen LogP contribution in [0.3, 0.4) is 0 Å². The number of hydrogen-bond donors (Lipinski definition) is 3. The Balaban J connectivity index is 0.00000364. The Morgan fingerprint density at radius 2 is 1.89 bits per heavy atom. The van der Waals surface area contributed by atoms with Crippen LogP contribution in [0.5, 0.6) is 0 Å². The van der Waals surface area contributed by atoms with Crippen molar-refractivity contribution in [3.8, 4) is 0 Å². The van der Waals surface area contributed by atoms with Crippen molar-refractivity contribution in [3.63, 3.8) is 0 Å². The van der Waals surface area contributed by atoms with Crippen LogP contribution >= 0.6 is 24.0 Å². The largest absolute Gasteiger partial charge is 0.356 e. The zero-order chi connectivity index (χ0) is 19.0. The quantitative estimate of drug-likeness (QED) is 0.272. The number of aryl methyl sites for hydroxylation is 1. The molecule has 0 amide bonds. The first-order chi connectivity index (χ1) is 12.4. The first-order valence-corrected chi connectivity index (χ1v) is 9.91. The summed E-state index contributed by atoms with van der Waals surface area (Å²) < 4.78 is 24.5. The van der Waals surface area contributed by atoms with Crippen LogP contribution in [0.15, 0.2) is 40.5 Å². The first kappa shape index (κ1) is 23.3. The molecule has 0 spiro atoms. The molecule has 27 heavy (non-hydrogen) atoms. The van der Waals surface area contributed by atoms with Crippen molar-refractivity contribution < 1.29 is 8.42 Å². The van der Waals surface area contributed by atoms with Crippen molar-refractivity contribution in [1.82, 2.24) is 25.4 Å². The minimum absolute atomic E-state index is 0. The maximum absolute atomic E-state index is 11.2. The Morgan fingerprint density at radius 3 is 2.48 bits per heavy atom. The van der Waals surface area contributed by atoms with Crippen molar-refractivity contribution >= 4 is 40.0 Å². The fourth-order valence-corrected chi connectivity index (χ4v) is 2.94. The summed E-state index contributed by atoms with van der Waals surface area (Å²) in [5.74, 6) is 1.66. The second-order valence-corrected chi connectivity index (χ2v) is 7.22. The lowest BCUT2D eigenvalue weighted by atomic mass is 10.1. The van der Waals surface area contributed by atoms with E-state index in [2.05, 4.69) is 25.8 Å². The summed E-state index contributed by atoms with van der Waals surface area (Å²) in [6, 6.07) is 6.55. The Morgan fingerprint density at radius 1 is 1.22 bits per heavy atom. The highest BCUT2D eigenvalue weighted by Crippen LogP contribution is 2.08. The molecule has 0 bridgehead atoms. The maximum Gasteiger partial charge on any atom is 0.238 e. The van der Waals surface area contributed by atoms with Gasteiger partial charge in [-0.2, -0.15) is 0 Å². The van der Waals surface area contributed by atoms with Gasteiger partial charge in [0.25, 0.3) is 0 Å². The SMILES string of the molecule is CCc1nncn1CCNC(=NC)NCCc1ccc(S(N)(=O)=O)cc1.I. The van der Waals surface area contributed by atoms with Gasteiger partial charge in [-0.25, -0.2) is 13.6 Å². The highest BCUT2D eigenvalue weighted by Gasteiger charge is 2.07. The van der Waals surface area contributed by atoms with E-state index in [-0.39, 0.29) is 28.9 Å². The van der Waals surface area contributed by atoms with Crippen LogP contribution in [0, 0.1) is 0 Å². The minimum Gasteiger partial charge on any atom is -0.356 e. The van der Waals surface area contributed by atoms with E-state index in [1.165, 1.54) is 12.1 Å². The molecule has 0 saturated carbocycles. The number of nitrogens with zero attached hydrogens (tertiary/aromatic N) is 4. The second-order valence-electron chi connectivity index (χ2n) is 5.66. The van der Waals surface area contributed by atoms with Gasteiger partial charge >= 0.3 is 0 Å². The lowest BCUT2D eigenvalue weighted by Crippen LogP contribution is -2.39. The molecular formula is C16H26IN7O2S. The molecule has 2 aromatic rings. The Kier molecular flexibility index (Phi) is 9.66. The molecule has 0 aliphatic rings. The smallest absolute Gasteiger partial charge is 0.238 e. The van der Waals surface area contributed by atoms with Crippen LogP contribution in [0.2, 0.25) is 0 Å². The second kappa shape index (κ2) is 11.2. The molecule has 0 atom stereocenters.